The zero-order valence-electron chi connectivity index (χ0n) is 15.1. The second-order valence-corrected chi connectivity index (χ2v) is 6.12. The Morgan fingerprint density at radius 3 is 2.42 bits per heavy atom. The minimum atomic E-state index is -0.341. The van der Waals surface area contributed by atoms with Crippen molar-refractivity contribution in [2.24, 2.45) is 0 Å². The molecular weight excluding hydrogens is 330 g/mol. The molecule has 0 atom stereocenters. The molecule has 0 fully saturated rings. The zero-order chi connectivity index (χ0) is 18.7. The Bertz CT molecular complexity index is 986. The van der Waals surface area contributed by atoms with Gasteiger partial charge in [0.2, 0.25) is 5.91 Å². The van der Waals surface area contributed by atoms with Crippen LogP contribution in [0.4, 0.5) is 5.69 Å². The van der Waals surface area contributed by atoms with E-state index in [1.165, 1.54) is 11.6 Å². The minimum absolute atomic E-state index is 0.165. The van der Waals surface area contributed by atoms with Crippen molar-refractivity contribution < 1.29 is 4.79 Å². The first-order valence-electron chi connectivity index (χ1n) is 8.47. The van der Waals surface area contributed by atoms with E-state index < -0.39 is 0 Å². The summed E-state index contributed by atoms with van der Waals surface area (Å²) in [5, 5.41) is 11.4. The Hall–Kier alpha value is -3.22. The number of hydrogen-bond donors (Lipinski definition) is 1. The molecule has 0 unspecified atom stereocenters. The van der Waals surface area contributed by atoms with Gasteiger partial charge < -0.3 is 5.32 Å². The number of aryl methyl sites for hydroxylation is 3. The van der Waals surface area contributed by atoms with Crippen LogP contribution in [0.5, 0.6) is 0 Å². The highest BCUT2D eigenvalue weighted by molar-refractivity contribution is 5.90. The Labute approximate surface area is 151 Å². The van der Waals surface area contributed by atoms with E-state index in [1.807, 2.05) is 44.2 Å². The molecule has 7 nitrogen and oxygen atoms in total. The molecular formula is C19H21N5O2. The summed E-state index contributed by atoms with van der Waals surface area (Å²) >= 11 is 0. The molecule has 2 heterocycles. The molecule has 2 aromatic heterocycles. The molecule has 0 bridgehead atoms. The lowest BCUT2D eigenvalue weighted by Gasteiger charge is -2.09. The van der Waals surface area contributed by atoms with E-state index in [-0.39, 0.29) is 18.0 Å². The van der Waals surface area contributed by atoms with Gasteiger partial charge in [0.05, 0.1) is 5.69 Å². The lowest BCUT2D eigenvalue weighted by molar-refractivity contribution is -0.117. The minimum Gasteiger partial charge on any atom is -0.324 e. The summed E-state index contributed by atoms with van der Waals surface area (Å²) in [6.45, 7) is 5.70. The molecule has 1 amide bonds. The fourth-order valence-electron chi connectivity index (χ4n) is 2.69. The highest BCUT2D eigenvalue weighted by Gasteiger charge is 2.10. The van der Waals surface area contributed by atoms with Gasteiger partial charge in [-0.15, -0.1) is 5.10 Å². The molecule has 134 valence electrons. The van der Waals surface area contributed by atoms with Crippen LogP contribution in [0.1, 0.15) is 23.9 Å². The predicted molar refractivity (Wildman–Crippen MR) is 99.5 cm³/mol. The SMILES string of the molecule is CCc1ccc(NC(=O)Cn2nc(-n3nc(C)cc3C)ccc2=O)cc1. The molecule has 7 heteroatoms. The molecule has 1 aromatic carbocycles. The predicted octanol–water partition coefficient (Wildman–Crippen LogP) is 2.25. The summed E-state index contributed by atoms with van der Waals surface area (Å²) in [5.74, 6) is 0.185. The Morgan fingerprint density at radius 2 is 1.81 bits per heavy atom. The molecule has 0 aliphatic carbocycles. The maximum Gasteiger partial charge on any atom is 0.267 e. The summed E-state index contributed by atoms with van der Waals surface area (Å²) in [6, 6.07) is 12.5. The second-order valence-electron chi connectivity index (χ2n) is 6.12. The van der Waals surface area contributed by atoms with Gasteiger partial charge >= 0.3 is 0 Å². The van der Waals surface area contributed by atoms with Crippen molar-refractivity contribution >= 4 is 11.6 Å². The number of amides is 1. The Balaban J connectivity index is 1.78. The van der Waals surface area contributed by atoms with Crippen LogP contribution < -0.4 is 10.9 Å². The molecule has 0 radical (unpaired) electrons. The van der Waals surface area contributed by atoms with Gasteiger partial charge in [0, 0.05) is 17.4 Å². The van der Waals surface area contributed by atoms with E-state index in [4.69, 9.17) is 0 Å². The van der Waals surface area contributed by atoms with Crippen molar-refractivity contribution in [2.45, 2.75) is 33.7 Å². The van der Waals surface area contributed by atoms with E-state index in [2.05, 4.69) is 22.4 Å². The van der Waals surface area contributed by atoms with Crippen molar-refractivity contribution in [2.75, 3.05) is 5.32 Å². The lowest BCUT2D eigenvalue weighted by atomic mass is 10.1. The van der Waals surface area contributed by atoms with Crippen molar-refractivity contribution in [3.63, 3.8) is 0 Å². The third-order valence-corrected chi connectivity index (χ3v) is 4.02. The van der Waals surface area contributed by atoms with Gasteiger partial charge in [-0.05, 0) is 50.1 Å². The largest absolute Gasteiger partial charge is 0.324 e. The Morgan fingerprint density at radius 1 is 1.08 bits per heavy atom. The first-order valence-corrected chi connectivity index (χ1v) is 8.47. The van der Waals surface area contributed by atoms with E-state index >= 15 is 0 Å². The van der Waals surface area contributed by atoms with Gasteiger partial charge in [0.15, 0.2) is 5.82 Å². The number of nitrogens with one attached hydrogen (secondary N) is 1. The van der Waals surface area contributed by atoms with Crippen molar-refractivity contribution in [1.29, 1.82) is 0 Å². The highest BCUT2D eigenvalue weighted by Crippen LogP contribution is 2.10. The summed E-state index contributed by atoms with van der Waals surface area (Å²) < 4.78 is 2.79. The maximum absolute atomic E-state index is 12.3. The monoisotopic (exact) mass is 351 g/mol. The normalized spacial score (nSPS) is 10.7. The number of rotatable bonds is 5. The molecule has 0 saturated heterocycles. The lowest BCUT2D eigenvalue weighted by Crippen LogP contribution is -2.30. The number of aromatic nitrogens is 4. The standard InChI is InChI=1S/C19H21N5O2/c1-4-15-5-7-16(8-6-15)20-18(25)12-23-19(26)10-9-17(22-23)24-14(3)11-13(2)21-24/h5-11H,4,12H2,1-3H3,(H,20,25). The molecule has 26 heavy (non-hydrogen) atoms. The molecule has 1 N–H and O–H groups in total. The number of carbonyl (C=O) groups excluding carboxylic acids is 1. The number of nitrogens with zero attached hydrogens (tertiary/aromatic N) is 4. The average molecular weight is 351 g/mol. The van der Waals surface area contributed by atoms with Crippen molar-refractivity contribution in [3.8, 4) is 5.82 Å². The fraction of sp³-hybridized carbons (Fsp3) is 0.263. The quantitative estimate of drug-likeness (QED) is 0.764. The van der Waals surface area contributed by atoms with Gasteiger partial charge in [-0.25, -0.2) is 9.36 Å². The van der Waals surface area contributed by atoms with Gasteiger partial charge in [-0.2, -0.15) is 5.10 Å². The van der Waals surface area contributed by atoms with Crippen LogP contribution in [-0.2, 0) is 17.8 Å². The fourth-order valence-corrected chi connectivity index (χ4v) is 2.69. The number of carbonyl (C=O) groups is 1. The highest BCUT2D eigenvalue weighted by atomic mass is 16.2. The summed E-state index contributed by atoms with van der Waals surface area (Å²) in [5.41, 5.74) is 3.30. The topological polar surface area (TPSA) is 81.8 Å². The summed E-state index contributed by atoms with van der Waals surface area (Å²) in [6.07, 6.45) is 0.937. The van der Waals surface area contributed by atoms with Gasteiger partial charge in [-0.3, -0.25) is 9.59 Å². The zero-order valence-corrected chi connectivity index (χ0v) is 15.1. The van der Waals surface area contributed by atoms with E-state index in [0.717, 1.165) is 22.5 Å². The van der Waals surface area contributed by atoms with Crippen LogP contribution in [0.3, 0.4) is 0 Å². The van der Waals surface area contributed by atoms with Crippen LogP contribution >= 0.6 is 0 Å². The smallest absolute Gasteiger partial charge is 0.267 e. The number of anilines is 1. The summed E-state index contributed by atoms with van der Waals surface area (Å²) in [7, 11) is 0. The van der Waals surface area contributed by atoms with E-state index in [9.17, 15) is 9.59 Å². The molecule has 0 aliphatic heterocycles. The van der Waals surface area contributed by atoms with Crippen LogP contribution in [-0.4, -0.2) is 25.5 Å². The van der Waals surface area contributed by atoms with E-state index in [0.29, 0.717) is 11.5 Å². The van der Waals surface area contributed by atoms with Crippen molar-refractivity contribution in [1.82, 2.24) is 19.6 Å². The van der Waals surface area contributed by atoms with Crippen LogP contribution in [0, 0.1) is 13.8 Å². The second kappa shape index (κ2) is 7.35. The van der Waals surface area contributed by atoms with Crippen molar-refractivity contribution in [3.05, 3.63) is 69.8 Å². The van der Waals surface area contributed by atoms with E-state index in [1.54, 1.807) is 10.7 Å². The van der Waals surface area contributed by atoms with Gasteiger partial charge in [0.25, 0.3) is 5.56 Å². The molecule has 0 saturated carbocycles. The first kappa shape index (κ1) is 17.6. The number of benzene rings is 1. The van der Waals surface area contributed by atoms with Crippen LogP contribution in [0.15, 0.2) is 47.3 Å². The van der Waals surface area contributed by atoms with Gasteiger partial charge in [-0.1, -0.05) is 19.1 Å². The van der Waals surface area contributed by atoms with Gasteiger partial charge in [0.1, 0.15) is 6.54 Å². The first-order chi connectivity index (χ1) is 12.5. The third-order valence-electron chi connectivity index (χ3n) is 4.02. The average Bonchev–Trinajstić information content (AvgIpc) is 2.96. The maximum atomic E-state index is 12.3. The molecule has 0 spiro atoms. The van der Waals surface area contributed by atoms with Crippen LogP contribution in [0.25, 0.3) is 5.82 Å². The third kappa shape index (κ3) is 3.88. The Kier molecular flexibility index (Phi) is 4.97. The molecule has 3 rings (SSSR count). The number of hydrogen-bond acceptors (Lipinski definition) is 4. The molecule has 3 aromatic rings. The molecule has 0 aliphatic rings. The summed E-state index contributed by atoms with van der Waals surface area (Å²) in [4.78, 5) is 24.3. The van der Waals surface area contributed by atoms with Crippen LogP contribution in [0.2, 0.25) is 0 Å².